The summed E-state index contributed by atoms with van der Waals surface area (Å²) in [7, 11) is 1.67. The van der Waals surface area contributed by atoms with E-state index in [1.54, 1.807) is 13.2 Å². The quantitative estimate of drug-likeness (QED) is 0.294. The highest BCUT2D eigenvalue weighted by Gasteiger charge is 2.43. The first-order chi connectivity index (χ1) is 18.9. The van der Waals surface area contributed by atoms with E-state index in [1.807, 2.05) is 59.5 Å². The van der Waals surface area contributed by atoms with Crippen LogP contribution < -0.4 is 5.73 Å². The molecule has 0 radical (unpaired) electrons. The zero-order valence-electron chi connectivity index (χ0n) is 23.2. The van der Waals surface area contributed by atoms with Crippen LogP contribution in [-0.2, 0) is 23.3 Å². The minimum absolute atomic E-state index is 0.0554. The number of halogens is 1. The minimum atomic E-state index is -1.31. The molecule has 1 heterocycles. The molecule has 0 aromatic heterocycles. The molecule has 3 aromatic rings. The molecule has 1 amide bonds. The topological polar surface area (TPSA) is 75.8 Å². The molecule has 0 aliphatic carbocycles. The fourth-order valence-corrected chi connectivity index (χ4v) is 5.84. The molecule has 5 nitrogen and oxygen atoms in total. The molecule has 0 bridgehead atoms. The van der Waals surface area contributed by atoms with Gasteiger partial charge in [0.1, 0.15) is 5.82 Å². The van der Waals surface area contributed by atoms with Gasteiger partial charge in [0, 0.05) is 50.4 Å². The average Bonchev–Trinajstić information content (AvgIpc) is 2.98. The van der Waals surface area contributed by atoms with Crippen molar-refractivity contribution in [3.8, 4) is 11.1 Å². The van der Waals surface area contributed by atoms with E-state index in [0.29, 0.717) is 49.4 Å². The van der Waals surface area contributed by atoms with E-state index in [1.165, 1.54) is 6.07 Å². The molecule has 208 valence electrons. The maximum Gasteiger partial charge on any atom is 0.253 e. The Balaban J connectivity index is 1.71. The average molecular weight is 533 g/mol. The predicted octanol–water partition coefficient (Wildman–Crippen LogP) is 6.07. The van der Waals surface area contributed by atoms with Gasteiger partial charge in [-0.1, -0.05) is 55.5 Å². The van der Waals surface area contributed by atoms with Crippen molar-refractivity contribution in [2.24, 2.45) is 11.7 Å². The Morgan fingerprint density at radius 1 is 1.10 bits per heavy atom. The summed E-state index contributed by atoms with van der Waals surface area (Å²) < 4.78 is 20.9. The maximum atomic E-state index is 15.6. The summed E-state index contributed by atoms with van der Waals surface area (Å²) in [5.41, 5.74) is 8.92. The molecule has 3 aromatic carbocycles. The first kappa shape index (κ1) is 28.9. The number of unbranched alkanes of at least 4 members (excludes halogenated alkanes) is 1. The number of benzene rings is 3. The van der Waals surface area contributed by atoms with Crippen molar-refractivity contribution in [3.05, 3.63) is 94.8 Å². The summed E-state index contributed by atoms with van der Waals surface area (Å²) >= 11 is 0. The number of nitrogens with two attached hydrogens (primary N) is 1. The number of methoxy groups -OCH3 is 1. The normalized spacial score (nSPS) is 17.2. The van der Waals surface area contributed by atoms with Crippen LogP contribution in [0, 0.1) is 11.7 Å². The summed E-state index contributed by atoms with van der Waals surface area (Å²) in [6, 6.07) is 20.3. The molecule has 3 N–H and O–H groups in total. The molecule has 0 spiro atoms. The van der Waals surface area contributed by atoms with Crippen LogP contribution in [0.4, 0.5) is 4.39 Å². The SMILES string of the molecule is CCc1cccc(-c2c(F)cccc2[C@](O)(CCCCOC)[C@@H]2CCCN(C(=O)c3ccc(CN)cc3)C2)c1. The zero-order chi connectivity index (χ0) is 27.8. The van der Waals surface area contributed by atoms with Gasteiger partial charge in [-0.3, -0.25) is 4.79 Å². The second-order valence-corrected chi connectivity index (χ2v) is 10.6. The molecule has 6 heteroatoms. The van der Waals surface area contributed by atoms with E-state index in [0.717, 1.165) is 48.8 Å². The van der Waals surface area contributed by atoms with Gasteiger partial charge in [0.2, 0.25) is 0 Å². The number of hydrogen-bond donors (Lipinski definition) is 2. The largest absolute Gasteiger partial charge is 0.385 e. The molecule has 1 fully saturated rings. The number of likely N-dealkylation sites (tertiary alicyclic amines) is 1. The lowest BCUT2D eigenvalue weighted by molar-refractivity contribution is -0.0575. The number of piperidine rings is 1. The highest BCUT2D eigenvalue weighted by Crippen LogP contribution is 2.44. The fraction of sp³-hybridized carbons (Fsp3) is 0.424. The van der Waals surface area contributed by atoms with E-state index in [9.17, 15) is 9.90 Å². The molecule has 1 aliphatic rings. The summed E-state index contributed by atoms with van der Waals surface area (Å²) in [6.07, 6.45) is 4.33. The molecular weight excluding hydrogens is 491 g/mol. The zero-order valence-corrected chi connectivity index (χ0v) is 23.2. The van der Waals surface area contributed by atoms with Crippen molar-refractivity contribution in [2.45, 2.75) is 57.6 Å². The number of carbonyl (C=O) groups excluding carboxylic acids is 1. The van der Waals surface area contributed by atoms with E-state index in [4.69, 9.17) is 10.5 Å². The van der Waals surface area contributed by atoms with Crippen LogP contribution in [0.5, 0.6) is 0 Å². The monoisotopic (exact) mass is 532 g/mol. The van der Waals surface area contributed by atoms with Crippen molar-refractivity contribution in [1.29, 1.82) is 0 Å². The molecule has 4 rings (SSSR count). The highest BCUT2D eigenvalue weighted by atomic mass is 19.1. The number of ether oxygens (including phenoxy) is 1. The summed E-state index contributed by atoms with van der Waals surface area (Å²) in [5.74, 6) is -0.643. The molecule has 1 saturated heterocycles. The number of aryl methyl sites for hydroxylation is 1. The fourth-order valence-electron chi connectivity index (χ4n) is 5.84. The van der Waals surface area contributed by atoms with Crippen LogP contribution in [0.15, 0.2) is 66.7 Å². The molecule has 39 heavy (non-hydrogen) atoms. The number of aliphatic hydroxyl groups is 1. The Bertz CT molecular complexity index is 1250. The van der Waals surface area contributed by atoms with Crippen LogP contribution in [0.1, 0.15) is 66.1 Å². The molecule has 2 atom stereocenters. The van der Waals surface area contributed by atoms with Gasteiger partial charge >= 0.3 is 0 Å². The van der Waals surface area contributed by atoms with E-state index >= 15 is 4.39 Å². The summed E-state index contributed by atoms with van der Waals surface area (Å²) in [6.45, 7) is 4.13. The Kier molecular flexibility index (Phi) is 9.89. The third-order valence-electron chi connectivity index (χ3n) is 8.08. The lowest BCUT2D eigenvalue weighted by atomic mass is 9.72. The van der Waals surface area contributed by atoms with Crippen molar-refractivity contribution in [3.63, 3.8) is 0 Å². The van der Waals surface area contributed by atoms with Gasteiger partial charge in [-0.15, -0.1) is 0 Å². The van der Waals surface area contributed by atoms with Gasteiger partial charge in [-0.2, -0.15) is 0 Å². The second kappa shape index (κ2) is 13.3. The summed E-state index contributed by atoms with van der Waals surface area (Å²) in [5, 5.41) is 12.6. The van der Waals surface area contributed by atoms with Crippen molar-refractivity contribution < 1.29 is 19.0 Å². The summed E-state index contributed by atoms with van der Waals surface area (Å²) in [4.78, 5) is 15.3. The lowest BCUT2D eigenvalue weighted by Crippen LogP contribution is -2.48. The standard InChI is InChI=1S/C33H41FN2O3/c1-3-24-9-6-10-27(21-24)31-29(12-7-13-30(31)34)33(38,18-4-5-20-39-2)28-11-8-19-36(23-28)32(37)26-16-14-25(22-35)15-17-26/h6-7,9-10,12-17,21,28,38H,3-5,8,11,18-20,22-23,35H2,1-2H3/t28-,33+/m1/s1. The van der Waals surface area contributed by atoms with Crippen LogP contribution in [0.2, 0.25) is 0 Å². The smallest absolute Gasteiger partial charge is 0.253 e. The van der Waals surface area contributed by atoms with E-state index in [2.05, 4.69) is 6.92 Å². The Morgan fingerprint density at radius 3 is 2.59 bits per heavy atom. The van der Waals surface area contributed by atoms with Crippen LogP contribution in [-0.4, -0.2) is 42.7 Å². The highest BCUT2D eigenvalue weighted by molar-refractivity contribution is 5.94. The van der Waals surface area contributed by atoms with Gasteiger partial charge < -0.3 is 20.5 Å². The molecule has 1 aliphatic heterocycles. The Labute approximate surface area is 231 Å². The van der Waals surface area contributed by atoms with Crippen LogP contribution in [0.25, 0.3) is 11.1 Å². The second-order valence-electron chi connectivity index (χ2n) is 10.6. The van der Waals surface area contributed by atoms with Gasteiger partial charge in [-0.25, -0.2) is 4.39 Å². The minimum Gasteiger partial charge on any atom is -0.385 e. The predicted molar refractivity (Wildman–Crippen MR) is 154 cm³/mol. The van der Waals surface area contributed by atoms with Crippen LogP contribution in [0.3, 0.4) is 0 Å². The van der Waals surface area contributed by atoms with Crippen molar-refractivity contribution >= 4 is 5.91 Å². The number of nitrogens with zero attached hydrogens (tertiary/aromatic N) is 1. The van der Waals surface area contributed by atoms with Gasteiger partial charge in [0.05, 0.1) is 5.60 Å². The number of hydrogen-bond acceptors (Lipinski definition) is 4. The number of amides is 1. The first-order valence-corrected chi connectivity index (χ1v) is 14.1. The lowest BCUT2D eigenvalue weighted by Gasteiger charge is -2.43. The van der Waals surface area contributed by atoms with Gasteiger partial charge in [0.25, 0.3) is 5.91 Å². The molecular formula is C33H41FN2O3. The molecule has 0 unspecified atom stereocenters. The van der Waals surface area contributed by atoms with E-state index < -0.39 is 5.60 Å². The number of rotatable bonds is 11. The van der Waals surface area contributed by atoms with Crippen molar-refractivity contribution in [1.82, 2.24) is 4.90 Å². The maximum absolute atomic E-state index is 15.6. The van der Waals surface area contributed by atoms with Crippen LogP contribution >= 0.6 is 0 Å². The van der Waals surface area contributed by atoms with Gasteiger partial charge in [0.15, 0.2) is 0 Å². The Hall–Kier alpha value is -3.06. The molecule has 0 saturated carbocycles. The van der Waals surface area contributed by atoms with Gasteiger partial charge in [-0.05, 0) is 79.0 Å². The van der Waals surface area contributed by atoms with Crippen molar-refractivity contribution in [2.75, 3.05) is 26.8 Å². The first-order valence-electron chi connectivity index (χ1n) is 14.1. The third kappa shape index (κ3) is 6.57. The number of carbonyl (C=O) groups is 1. The third-order valence-corrected chi connectivity index (χ3v) is 8.08. The Morgan fingerprint density at radius 2 is 1.87 bits per heavy atom. The van der Waals surface area contributed by atoms with E-state index in [-0.39, 0.29) is 17.6 Å².